The molecule has 0 aliphatic heterocycles. The van der Waals surface area contributed by atoms with Crippen molar-refractivity contribution >= 4 is 0 Å². The lowest BCUT2D eigenvalue weighted by Gasteiger charge is -2.39. The Morgan fingerprint density at radius 3 is 0.919 bits per heavy atom. The van der Waals surface area contributed by atoms with Gasteiger partial charge in [0.2, 0.25) is 0 Å². The summed E-state index contributed by atoms with van der Waals surface area (Å²) < 4.78 is 0. The first-order valence-corrected chi connectivity index (χ1v) is 17.9. The summed E-state index contributed by atoms with van der Waals surface area (Å²) in [5, 5.41) is 0. The fraction of sp³-hybridized carbons (Fsp3) is 1.00. The first-order chi connectivity index (χ1) is 18.1. The Kier molecular flexibility index (Phi) is 28.9. The van der Waals surface area contributed by atoms with Crippen LogP contribution >= 0.6 is 0 Å². The van der Waals surface area contributed by atoms with E-state index in [4.69, 9.17) is 5.73 Å². The van der Waals surface area contributed by atoms with Gasteiger partial charge in [-0.15, -0.1) is 0 Å². The van der Waals surface area contributed by atoms with Gasteiger partial charge >= 0.3 is 0 Å². The molecule has 1 heteroatoms. The van der Waals surface area contributed by atoms with E-state index < -0.39 is 0 Å². The normalized spacial score (nSPS) is 12.9. The summed E-state index contributed by atoms with van der Waals surface area (Å²) in [6.45, 7) is 9.30. The first kappa shape index (κ1) is 37.0. The van der Waals surface area contributed by atoms with Gasteiger partial charge in [0.1, 0.15) is 0 Å². The molecule has 0 rings (SSSR count). The van der Waals surface area contributed by atoms with Gasteiger partial charge in [-0.25, -0.2) is 0 Å². The molecule has 0 fully saturated rings. The van der Waals surface area contributed by atoms with Crippen LogP contribution in [0.25, 0.3) is 0 Å². The minimum atomic E-state index is 0.101. The van der Waals surface area contributed by atoms with Crippen LogP contribution in [0.15, 0.2) is 0 Å². The molecule has 0 aliphatic rings. The molecule has 0 saturated carbocycles. The third kappa shape index (κ3) is 23.6. The second kappa shape index (κ2) is 29.0. The standard InChI is InChI=1S/C36H75N/c1-5-9-13-17-18-19-20-21-22-23-24-25-26-28-32-35(31-27-14-10-6-2)36(37,33-29-15-11-7-3)34-30-16-12-8-4/h35H,5-34,37H2,1-4H3. The maximum Gasteiger partial charge on any atom is 0.0182 e. The highest BCUT2D eigenvalue weighted by Crippen LogP contribution is 2.35. The highest BCUT2D eigenvalue weighted by molar-refractivity contribution is 4.91. The maximum absolute atomic E-state index is 7.38. The molecule has 1 atom stereocenters. The van der Waals surface area contributed by atoms with E-state index in [2.05, 4.69) is 27.7 Å². The fourth-order valence-corrected chi connectivity index (χ4v) is 6.42. The number of rotatable bonds is 31. The number of nitrogens with two attached hydrogens (primary N) is 1. The quantitative estimate of drug-likeness (QED) is 0.0901. The van der Waals surface area contributed by atoms with Crippen molar-refractivity contribution in [3.8, 4) is 0 Å². The monoisotopic (exact) mass is 522 g/mol. The molecule has 0 spiro atoms. The van der Waals surface area contributed by atoms with Crippen molar-refractivity contribution in [2.45, 2.75) is 226 Å². The SMILES string of the molecule is CCCCCCCCCCCCCCCCC(CCCCCC)C(N)(CCCCCC)CCCCCC. The van der Waals surface area contributed by atoms with Gasteiger partial charge in [-0.2, -0.15) is 0 Å². The highest BCUT2D eigenvalue weighted by atomic mass is 14.8. The van der Waals surface area contributed by atoms with E-state index in [1.807, 2.05) is 0 Å². The Labute approximate surface area is 237 Å². The van der Waals surface area contributed by atoms with Crippen LogP contribution in [0.2, 0.25) is 0 Å². The van der Waals surface area contributed by atoms with Crippen molar-refractivity contribution in [2.75, 3.05) is 0 Å². The summed E-state index contributed by atoms with van der Waals surface area (Å²) in [5.74, 6) is 0.755. The van der Waals surface area contributed by atoms with Crippen LogP contribution in [-0.4, -0.2) is 5.54 Å². The Bertz CT molecular complexity index is 405. The molecule has 0 heterocycles. The van der Waals surface area contributed by atoms with Crippen molar-refractivity contribution in [3.05, 3.63) is 0 Å². The van der Waals surface area contributed by atoms with E-state index in [0.29, 0.717) is 0 Å². The smallest absolute Gasteiger partial charge is 0.0182 e. The molecule has 0 aromatic rings. The maximum atomic E-state index is 7.38. The third-order valence-corrected chi connectivity index (χ3v) is 9.12. The molecule has 0 saturated heterocycles. The lowest BCUT2D eigenvalue weighted by atomic mass is 9.72. The molecular formula is C36H75N. The van der Waals surface area contributed by atoms with E-state index in [1.54, 1.807) is 0 Å². The molecular weight excluding hydrogens is 446 g/mol. The minimum Gasteiger partial charge on any atom is -0.325 e. The van der Waals surface area contributed by atoms with Gasteiger partial charge in [0.25, 0.3) is 0 Å². The predicted octanol–water partition coefficient (Wildman–Crippen LogP) is 13.1. The van der Waals surface area contributed by atoms with Crippen LogP contribution in [-0.2, 0) is 0 Å². The first-order valence-electron chi connectivity index (χ1n) is 17.9. The average Bonchev–Trinajstić information content (AvgIpc) is 2.90. The van der Waals surface area contributed by atoms with Crippen molar-refractivity contribution in [2.24, 2.45) is 11.7 Å². The van der Waals surface area contributed by atoms with E-state index in [9.17, 15) is 0 Å². The molecule has 0 amide bonds. The van der Waals surface area contributed by atoms with Crippen molar-refractivity contribution < 1.29 is 0 Å². The topological polar surface area (TPSA) is 26.0 Å². The van der Waals surface area contributed by atoms with Crippen LogP contribution in [0.5, 0.6) is 0 Å². The molecule has 0 aromatic heterocycles. The number of unbranched alkanes of at least 4 members (excludes halogenated alkanes) is 22. The molecule has 0 bridgehead atoms. The fourth-order valence-electron chi connectivity index (χ4n) is 6.42. The lowest BCUT2D eigenvalue weighted by molar-refractivity contribution is 0.190. The predicted molar refractivity (Wildman–Crippen MR) is 172 cm³/mol. The molecule has 0 aliphatic carbocycles. The average molecular weight is 522 g/mol. The zero-order chi connectivity index (χ0) is 27.3. The largest absolute Gasteiger partial charge is 0.325 e. The van der Waals surface area contributed by atoms with Crippen molar-refractivity contribution in [3.63, 3.8) is 0 Å². The van der Waals surface area contributed by atoms with Gasteiger partial charge < -0.3 is 5.73 Å². The van der Waals surface area contributed by atoms with E-state index in [0.717, 1.165) is 5.92 Å². The van der Waals surface area contributed by atoms with Crippen LogP contribution < -0.4 is 5.73 Å². The zero-order valence-electron chi connectivity index (χ0n) is 26.9. The zero-order valence-corrected chi connectivity index (χ0v) is 26.9. The second-order valence-corrected chi connectivity index (χ2v) is 12.8. The Hall–Kier alpha value is -0.0400. The molecule has 224 valence electrons. The van der Waals surface area contributed by atoms with Gasteiger partial charge in [-0.05, 0) is 31.6 Å². The van der Waals surface area contributed by atoms with Crippen LogP contribution in [0.4, 0.5) is 0 Å². The van der Waals surface area contributed by atoms with E-state index in [1.165, 1.54) is 193 Å². The van der Waals surface area contributed by atoms with Gasteiger partial charge in [-0.1, -0.05) is 195 Å². The molecule has 0 aromatic carbocycles. The van der Waals surface area contributed by atoms with Crippen molar-refractivity contribution in [1.29, 1.82) is 0 Å². The van der Waals surface area contributed by atoms with Gasteiger partial charge in [-0.3, -0.25) is 0 Å². The van der Waals surface area contributed by atoms with Gasteiger partial charge in [0, 0.05) is 5.54 Å². The summed E-state index contributed by atoms with van der Waals surface area (Å²) in [6.07, 6.45) is 42.1. The van der Waals surface area contributed by atoms with Crippen molar-refractivity contribution in [1.82, 2.24) is 0 Å². The number of hydrogen-bond acceptors (Lipinski definition) is 1. The summed E-state index contributed by atoms with van der Waals surface area (Å²) >= 11 is 0. The summed E-state index contributed by atoms with van der Waals surface area (Å²) in [7, 11) is 0. The van der Waals surface area contributed by atoms with Crippen LogP contribution in [0.3, 0.4) is 0 Å². The molecule has 2 N–H and O–H groups in total. The lowest BCUT2D eigenvalue weighted by Crippen LogP contribution is -2.47. The van der Waals surface area contributed by atoms with Crippen LogP contribution in [0.1, 0.15) is 220 Å². The van der Waals surface area contributed by atoms with Crippen LogP contribution in [0, 0.1) is 5.92 Å². The summed E-state index contributed by atoms with van der Waals surface area (Å²) in [5.41, 5.74) is 7.48. The molecule has 1 nitrogen and oxygen atoms in total. The van der Waals surface area contributed by atoms with Gasteiger partial charge in [0.05, 0.1) is 0 Å². The minimum absolute atomic E-state index is 0.101. The molecule has 0 radical (unpaired) electrons. The Balaban J connectivity index is 4.39. The van der Waals surface area contributed by atoms with E-state index in [-0.39, 0.29) is 5.54 Å². The Morgan fingerprint density at radius 1 is 0.351 bits per heavy atom. The third-order valence-electron chi connectivity index (χ3n) is 9.12. The molecule has 37 heavy (non-hydrogen) atoms. The Morgan fingerprint density at radius 2 is 0.595 bits per heavy atom. The summed E-state index contributed by atoms with van der Waals surface area (Å²) in [4.78, 5) is 0. The number of hydrogen-bond donors (Lipinski definition) is 1. The summed E-state index contributed by atoms with van der Waals surface area (Å²) in [6, 6.07) is 0. The van der Waals surface area contributed by atoms with E-state index >= 15 is 0 Å². The van der Waals surface area contributed by atoms with Gasteiger partial charge in [0.15, 0.2) is 0 Å². The highest BCUT2D eigenvalue weighted by Gasteiger charge is 2.33. The second-order valence-electron chi connectivity index (χ2n) is 12.8. The molecule has 1 unspecified atom stereocenters.